The van der Waals surface area contributed by atoms with Crippen LogP contribution in [0.25, 0.3) is 0 Å². The number of hydrogen-bond acceptors (Lipinski definition) is 8. The van der Waals surface area contributed by atoms with Gasteiger partial charge in [0.15, 0.2) is 6.29 Å². The van der Waals surface area contributed by atoms with Crippen LogP contribution in [-0.4, -0.2) is 99.7 Å². The van der Waals surface area contributed by atoms with Gasteiger partial charge in [-0.3, -0.25) is 5.41 Å². The molecule has 9 atom stereocenters. The molecule has 1 heterocycles. The fourth-order valence-corrected chi connectivity index (χ4v) is 5.45. The third-order valence-corrected chi connectivity index (χ3v) is 8.64. The van der Waals surface area contributed by atoms with E-state index in [1.807, 2.05) is 56.2 Å². The molecule has 6 N–H and O–H groups in total. The molecule has 286 valence electrons. The highest BCUT2D eigenvalue weighted by Gasteiger charge is 2.45. The molecule has 0 aromatic carbocycles. The number of unbranched alkanes of at least 4 members (excludes halogenated alkanes) is 2. The molecule has 0 saturated carbocycles. The molecule has 1 fully saturated rings. The summed E-state index contributed by atoms with van der Waals surface area (Å²) < 4.78 is 12.0. The Morgan fingerprint density at radius 1 is 0.863 bits per heavy atom. The van der Waals surface area contributed by atoms with Gasteiger partial charge >= 0.3 is 5.97 Å². The first kappa shape index (κ1) is 45.6. The van der Waals surface area contributed by atoms with Gasteiger partial charge in [0.1, 0.15) is 24.4 Å². The van der Waals surface area contributed by atoms with Gasteiger partial charge < -0.3 is 39.9 Å². The summed E-state index contributed by atoms with van der Waals surface area (Å²) in [5.41, 5.74) is 1.19. The molecular formula is C41H64N2O8. The quantitative estimate of drug-likeness (QED) is 0.0169. The van der Waals surface area contributed by atoms with Crippen molar-refractivity contribution in [1.82, 2.24) is 4.90 Å². The van der Waals surface area contributed by atoms with Crippen LogP contribution in [0.5, 0.6) is 0 Å². The Morgan fingerprint density at radius 2 is 1.51 bits per heavy atom. The number of allylic oxidation sites excluding steroid dienone is 13. The molecule has 0 spiro atoms. The Balaban J connectivity index is 2.85. The predicted octanol–water partition coefficient (Wildman–Crippen LogP) is 6.27. The fourth-order valence-electron chi connectivity index (χ4n) is 5.45. The van der Waals surface area contributed by atoms with Gasteiger partial charge in [-0.05, 0) is 69.8 Å². The minimum atomic E-state index is -1.53. The highest BCUT2D eigenvalue weighted by atomic mass is 16.7. The van der Waals surface area contributed by atoms with Crippen LogP contribution >= 0.6 is 0 Å². The van der Waals surface area contributed by atoms with Crippen molar-refractivity contribution in [2.75, 3.05) is 20.2 Å². The van der Waals surface area contributed by atoms with Crippen LogP contribution in [0.15, 0.2) is 96.2 Å². The summed E-state index contributed by atoms with van der Waals surface area (Å²) in [4.78, 5) is 12.7. The number of carbonyl (C=O) groups is 1. The number of aliphatic hydroxyl groups is 4. The number of nitrogens with zero attached hydrogens (tertiary/aromatic N) is 1. The number of hydrogen-bond donors (Lipinski definition) is 6. The van der Waals surface area contributed by atoms with Crippen molar-refractivity contribution in [2.45, 2.75) is 110 Å². The fraction of sp³-hybridized carbons (Fsp3) is 0.561. The number of ether oxygens (including phenoxy) is 2. The normalized spacial score (nSPS) is 24.8. The van der Waals surface area contributed by atoms with E-state index in [-0.39, 0.29) is 17.4 Å². The molecule has 0 amide bonds. The molecule has 1 saturated heterocycles. The van der Waals surface area contributed by atoms with Gasteiger partial charge in [0.2, 0.25) is 0 Å². The number of aliphatic carboxylic acids is 1. The van der Waals surface area contributed by atoms with E-state index in [1.54, 1.807) is 18.2 Å². The molecule has 51 heavy (non-hydrogen) atoms. The van der Waals surface area contributed by atoms with E-state index in [1.165, 1.54) is 19.3 Å². The average Bonchev–Trinajstić information content (AvgIpc) is 3.10. The first-order chi connectivity index (χ1) is 24.3. The molecule has 10 heteroatoms. The van der Waals surface area contributed by atoms with Crippen molar-refractivity contribution in [3.8, 4) is 0 Å². The number of carboxylic acid groups (broad SMARTS) is 1. The molecule has 0 radical (unpaired) electrons. The maximum absolute atomic E-state index is 10.9. The van der Waals surface area contributed by atoms with Crippen LogP contribution < -0.4 is 0 Å². The zero-order chi connectivity index (χ0) is 38.2. The Labute approximate surface area is 306 Å². The van der Waals surface area contributed by atoms with Crippen molar-refractivity contribution in [1.29, 1.82) is 5.41 Å². The molecule has 0 aromatic rings. The van der Waals surface area contributed by atoms with E-state index in [2.05, 4.69) is 44.2 Å². The van der Waals surface area contributed by atoms with E-state index >= 15 is 0 Å². The van der Waals surface area contributed by atoms with Gasteiger partial charge in [0, 0.05) is 25.1 Å². The summed E-state index contributed by atoms with van der Waals surface area (Å²) >= 11 is 0. The molecular weight excluding hydrogens is 648 g/mol. The highest BCUT2D eigenvalue weighted by molar-refractivity contribution is 5.86. The van der Waals surface area contributed by atoms with Gasteiger partial charge in [-0.25, -0.2) is 4.79 Å². The highest BCUT2D eigenvalue weighted by Crippen LogP contribution is 2.28. The number of nitrogens with one attached hydrogen (secondary N) is 1. The van der Waals surface area contributed by atoms with Crippen molar-refractivity contribution in [2.24, 2.45) is 17.8 Å². The SMILES string of the molecule is C\C(=C/C=C/C=C/C=C/C=C/C(C)C(OC1OC(CO)C(O)C(O)C1O)/C(C)=C/C(C)CCC/C=C/C(C)C/C=C/CCCN(C)C=N)C(=O)O. The molecule has 1 rings (SSSR count). The lowest BCUT2D eigenvalue weighted by Crippen LogP contribution is -2.60. The van der Waals surface area contributed by atoms with Gasteiger partial charge in [0.05, 0.1) is 19.0 Å². The van der Waals surface area contributed by atoms with E-state index in [9.17, 15) is 25.2 Å². The molecule has 10 nitrogen and oxygen atoms in total. The number of aliphatic hydroxyl groups excluding tert-OH is 4. The summed E-state index contributed by atoms with van der Waals surface area (Å²) in [5.74, 6) is -0.393. The monoisotopic (exact) mass is 712 g/mol. The standard InChI is InChI=1S/C41H64N2O8/c1-30(21-15-12-13-20-26-43(6)29-42)22-16-14-17-23-31(2)27-34(5)39(51-41-38(47)37(46)36(45)35(28-44)50-41)32(3)24-18-10-8-7-9-11-19-25-33(4)40(48)49/h7-12,15-16,18-19,22,24-25,27,29-32,35-39,41-42,44-47H,13-14,17,20-21,23,26,28H2,1-6H3,(H,48,49)/b9-7+,10-8+,15-12+,19-11+,22-16+,24-18+,33-25+,34-27+,42-29?. The topological polar surface area (TPSA) is 164 Å². The Morgan fingerprint density at radius 3 is 2.16 bits per heavy atom. The van der Waals surface area contributed by atoms with Crippen molar-refractivity contribution >= 4 is 12.3 Å². The second kappa shape index (κ2) is 26.4. The summed E-state index contributed by atoms with van der Waals surface area (Å²) in [6.45, 7) is 10.2. The smallest absolute Gasteiger partial charge is 0.331 e. The maximum Gasteiger partial charge on any atom is 0.331 e. The molecule has 1 aliphatic heterocycles. The maximum atomic E-state index is 10.9. The zero-order valence-corrected chi connectivity index (χ0v) is 31.4. The summed E-state index contributed by atoms with van der Waals surface area (Å²) in [5, 5.41) is 57.0. The molecule has 1 aliphatic rings. The number of rotatable bonds is 24. The van der Waals surface area contributed by atoms with E-state index in [0.717, 1.165) is 50.6 Å². The van der Waals surface area contributed by atoms with E-state index < -0.39 is 49.4 Å². The lowest BCUT2D eigenvalue weighted by Gasteiger charge is -2.41. The minimum absolute atomic E-state index is 0.167. The predicted molar refractivity (Wildman–Crippen MR) is 205 cm³/mol. The van der Waals surface area contributed by atoms with Crippen molar-refractivity contribution in [3.63, 3.8) is 0 Å². The van der Waals surface area contributed by atoms with Crippen LogP contribution in [-0.2, 0) is 14.3 Å². The van der Waals surface area contributed by atoms with Crippen LogP contribution in [0.2, 0.25) is 0 Å². The largest absolute Gasteiger partial charge is 0.478 e. The average molecular weight is 713 g/mol. The van der Waals surface area contributed by atoms with Crippen molar-refractivity contribution in [3.05, 3.63) is 96.2 Å². The second-order valence-corrected chi connectivity index (χ2v) is 13.5. The minimum Gasteiger partial charge on any atom is -0.478 e. The zero-order valence-electron chi connectivity index (χ0n) is 31.4. The molecule has 9 unspecified atom stereocenters. The third kappa shape index (κ3) is 19.1. The van der Waals surface area contributed by atoms with Crippen LogP contribution in [0, 0.1) is 23.2 Å². The second-order valence-electron chi connectivity index (χ2n) is 13.5. The lowest BCUT2D eigenvalue weighted by molar-refractivity contribution is -0.310. The number of carboxylic acids is 1. The van der Waals surface area contributed by atoms with Crippen LogP contribution in [0.1, 0.15) is 73.1 Å². The molecule has 0 aliphatic carbocycles. The van der Waals surface area contributed by atoms with Crippen LogP contribution in [0.4, 0.5) is 0 Å². The summed E-state index contributed by atoms with van der Waals surface area (Å²) in [6.07, 6.45) is 27.4. The summed E-state index contributed by atoms with van der Waals surface area (Å²) in [7, 11) is 1.91. The Hall–Kier alpha value is -3.38. The van der Waals surface area contributed by atoms with Gasteiger partial charge in [0.25, 0.3) is 0 Å². The molecule has 0 bridgehead atoms. The lowest BCUT2D eigenvalue weighted by atomic mass is 9.92. The van der Waals surface area contributed by atoms with Gasteiger partial charge in [-0.1, -0.05) is 106 Å². The molecule has 0 aromatic heterocycles. The van der Waals surface area contributed by atoms with Gasteiger partial charge in [-0.2, -0.15) is 0 Å². The third-order valence-electron chi connectivity index (χ3n) is 8.64. The summed E-state index contributed by atoms with van der Waals surface area (Å²) in [6, 6.07) is 0. The van der Waals surface area contributed by atoms with Gasteiger partial charge in [-0.15, -0.1) is 0 Å². The van der Waals surface area contributed by atoms with Crippen LogP contribution in [0.3, 0.4) is 0 Å². The Bertz CT molecular complexity index is 1250. The van der Waals surface area contributed by atoms with Crippen molar-refractivity contribution < 1.29 is 39.8 Å². The first-order valence-electron chi connectivity index (χ1n) is 18.1. The van der Waals surface area contributed by atoms with E-state index in [0.29, 0.717) is 5.92 Å². The first-order valence-corrected chi connectivity index (χ1v) is 18.1. The Kier molecular flexibility index (Phi) is 23.6. The van der Waals surface area contributed by atoms with E-state index in [4.69, 9.17) is 20.0 Å².